The zero-order chi connectivity index (χ0) is 23.4. The van der Waals surface area contributed by atoms with E-state index >= 15 is 0 Å². The predicted octanol–water partition coefficient (Wildman–Crippen LogP) is 3.53. The first kappa shape index (κ1) is 23.8. The van der Waals surface area contributed by atoms with Gasteiger partial charge in [0.1, 0.15) is 0 Å². The molecule has 0 radical (unpaired) electrons. The summed E-state index contributed by atoms with van der Waals surface area (Å²) >= 11 is 0. The van der Waals surface area contributed by atoms with Gasteiger partial charge in [0.05, 0.1) is 12.7 Å². The van der Waals surface area contributed by atoms with Crippen LogP contribution in [0.5, 0.6) is 0 Å². The normalized spacial score (nSPS) is 30.5. The van der Waals surface area contributed by atoms with Gasteiger partial charge in [-0.2, -0.15) is 0 Å². The molecule has 7 heteroatoms. The average Bonchev–Trinajstić information content (AvgIpc) is 3.46. The van der Waals surface area contributed by atoms with Gasteiger partial charge < -0.3 is 24.6 Å². The Morgan fingerprint density at radius 3 is 2.58 bits per heavy atom. The second-order valence-corrected chi connectivity index (χ2v) is 9.40. The summed E-state index contributed by atoms with van der Waals surface area (Å²) in [5.74, 6) is 0.812. The Morgan fingerprint density at radius 2 is 1.97 bits per heavy atom. The first-order valence-electron chi connectivity index (χ1n) is 12.1. The van der Waals surface area contributed by atoms with Gasteiger partial charge >= 0.3 is 5.97 Å². The summed E-state index contributed by atoms with van der Waals surface area (Å²) in [5, 5.41) is 12.6. The van der Waals surface area contributed by atoms with Crippen LogP contribution in [0.15, 0.2) is 36.1 Å². The van der Waals surface area contributed by atoms with Crippen LogP contribution >= 0.6 is 0 Å². The molecule has 2 N–H and O–H groups in total. The van der Waals surface area contributed by atoms with Crippen LogP contribution in [0.25, 0.3) is 0 Å². The van der Waals surface area contributed by atoms with Gasteiger partial charge in [-0.25, -0.2) is 4.79 Å². The molecule has 2 saturated carbocycles. The molecule has 0 saturated heterocycles. The molecule has 4 rings (SSSR count). The van der Waals surface area contributed by atoms with Crippen LogP contribution in [0.3, 0.4) is 0 Å². The molecule has 0 spiro atoms. The van der Waals surface area contributed by atoms with E-state index in [1.165, 1.54) is 26.4 Å². The third-order valence-electron chi connectivity index (χ3n) is 7.41. The third kappa shape index (κ3) is 5.25. The Balaban J connectivity index is 1.59. The highest BCUT2D eigenvalue weighted by atomic mass is 16.7. The van der Waals surface area contributed by atoms with Gasteiger partial charge in [-0.05, 0) is 74.6 Å². The first-order chi connectivity index (χ1) is 16.0. The van der Waals surface area contributed by atoms with Crippen LogP contribution in [0, 0.1) is 17.8 Å². The van der Waals surface area contributed by atoms with Crippen LogP contribution < -0.4 is 5.32 Å². The van der Waals surface area contributed by atoms with Crippen molar-refractivity contribution in [2.24, 2.45) is 17.8 Å². The number of ether oxygens (including phenoxy) is 3. The Morgan fingerprint density at radius 1 is 1.18 bits per heavy atom. The van der Waals surface area contributed by atoms with Gasteiger partial charge in [-0.15, -0.1) is 0 Å². The number of hydrogen-bond donors (Lipinski definition) is 2. The van der Waals surface area contributed by atoms with E-state index in [0.717, 1.165) is 17.9 Å². The summed E-state index contributed by atoms with van der Waals surface area (Å²) in [6, 6.07) is 7.46. The van der Waals surface area contributed by atoms with Gasteiger partial charge in [0.25, 0.3) is 5.91 Å². The van der Waals surface area contributed by atoms with Gasteiger partial charge in [-0.3, -0.25) is 4.79 Å². The molecule has 1 aliphatic heterocycles. The van der Waals surface area contributed by atoms with Crippen molar-refractivity contribution in [2.75, 3.05) is 20.3 Å². The van der Waals surface area contributed by atoms with Crippen LogP contribution in [0.2, 0.25) is 0 Å². The van der Waals surface area contributed by atoms with Gasteiger partial charge in [0, 0.05) is 31.1 Å². The monoisotopic (exact) mass is 457 g/mol. The first-order valence-corrected chi connectivity index (χ1v) is 12.1. The maximum absolute atomic E-state index is 13.2. The number of rotatable bonds is 9. The van der Waals surface area contributed by atoms with E-state index in [1.54, 1.807) is 12.1 Å². The Kier molecular flexibility index (Phi) is 7.71. The summed E-state index contributed by atoms with van der Waals surface area (Å²) in [6.07, 6.45) is 7.32. The van der Waals surface area contributed by atoms with Crippen LogP contribution in [-0.2, 0) is 19.0 Å². The number of carbonyl (C=O) groups excluding carboxylic acids is 2. The summed E-state index contributed by atoms with van der Waals surface area (Å²) < 4.78 is 16.8. The fourth-order valence-electron chi connectivity index (χ4n) is 5.77. The molecule has 7 nitrogen and oxygen atoms in total. The van der Waals surface area contributed by atoms with E-state index in [2.05, 4.69) is 5.32 Å². The molecule has 2 aliphatic carbocycles. The number of hydrogen-bond acceptors (Lipinski definition) is 6. The molecule has 1 aromatic carbocycles. The second kappa shape index (κ2) is 10.7. The quantitative estimate of drug-likeness (QED) is 0.551. The smallest absolute Gasteiger partial charge is 0.337 e. The van der Waals surface area contributed by atoms with E-state index in [0.29, 0.717) is 36.7 Å². The number of nitrogens with one attached hydrogen (secondary N) is 1. The summed E-state index contributed by atoms with van der Waals surface area (Å²) in [5.41, 5.74) is 1.43. The molecule has 33 heavy (non-hydrogen) atoms. The molecule has 6 atom stereocenters. The lowest BCUT2D eigenvalue weighted by Crippen LogP contribution is -2.43. The number of amides is 1. The maximum Gasteiger partial charge on any atom is 0.337 e. The van der Waals surface area contributed by atoms with Gasteiger partial charge in [0.2, 0.25) is 6.29 Å². The lowest BCUT2D eigenvalue weighted by atomic mass is 9.80. The Bertz CT molecular complexity index is 866. The minimum absolute atomic E-state index is 0.0693. The third-order valence-corrected chi connectivity index (χ3v) is 7.41. The molecule has 2 fully saturated rings. The fourth-order valence-corrected chi connectivity index (χ4v) is 5.77. The largest absolute Gasteiger partial charge is 0.465 e. The maximum atomic E-state index is 13.2. The molecule has 3 aliphatic rings. The van der Waals surface area contributed by atoms with Crippen molar-refractivity contribution in [3.63, 3.8) is 0 Å². The molecule has 1 amide bonds. The van der Waals surface area contributed by atoms with E-state index in [9.17, 15) is 14.7 Å². The van der Waals surface area contributed by atoms with Crippen molar-refractivity contribution in [2.45, 2.75) is 63.7 Å². The lowest BCUT2D eigenvalue weighted by molar-refractivity contribution is -0.167. The van der Waals surface area contributed by atoms with Crippen LogP contribution in [-0.4, -0.2) is 49.6 Å². The number of aliphatic hydroxyl groups excluding tert-OH is 1. The van der Waals surface area contributed by atoms with Crippen molar-refractivity contribution in [1.82, 2.24) is 5.32 Å². The Hall–Kier alpha value is -2.38. The highest BCUT2D eigenvalue weighted by Crippen LogP contribution is 2.45. The van der Waals surface area contributed by atoms with E-state index in [1.807, 2.05) is 25.1 Å². The van der Waals surface area contributed by atoms with Crippen LogP contribution in [0.4, 0.5) is 0 Å². The highest BCUT2D eigenvalue weighted by Gasteiger charge is 2.42. The summed E-state index contributed by atoms with van der Waals surface area (Å²) in [6.45, 7) is 2.43. The van der Waals surface area contributed by atoms with Gasteiger partial charge in [-0.1, -0.05) is 18.6 Å². The molecule has 2 bridgehead atoms. The Labute approximate surface area is 195 Å². The molecule has 180 valence electrons. The topological polar surface area (TPSA) is 94.1 Å². The van der Waals surface area contributed by atoms with E-state index in [4.69, 9.17) is 14.2 Å². The number of benzene rings is 1. The van der Waals surface area contributed by atoms with Gasteiger partial charge in [0.15, 0.2) is 5.76 Å². The minimum atomic E-state index is -0.586. The van der Waals surface area contributed by atoms with Crippen molar-refractivity contribution in [1.29, 1.82) is 0 Å². The standard InChI is InChI=1S/C26H35NO6/c1-3-32-26-20(5-4-12-28)21(17-8-10-18(11-9-17)25(30)31-2)15-23(33-26)24(29)27-22-14-16-6-7-19(22)13-16/h8-11,15-16,19-22,26,28H,3-7,12-14H2,1-2H3,(H,27,29)/t16?,19?,20-,21+,22?,26+/m0/s1. The molecule has 0 aromatic heterocycles. The zero-order valence-corrected chi connectivity index (χ0v) is 19.5. The molecular formula is C26H35NO6. The number of fused-ring (bicyclic) bond motifs is 2. The van der Waals surface area contributed by atoms with Crippen molar-refractivity contribution >= 4 is 11.9 Å². The molecule has 3 unspecified atom stereocenters. The minimum Gasteiger partial charge on any atom is -0.465 e. The average molecular weight is 458 g/mol. The number of aliphatic hydroxyl groups is 1. The zero-order valence-electron chi connectivity index (χ0n) is 19.5. The lowest BCUT2D eigenvalue weighted by Gasteiger charge is -2.37. The molecule has 1 heterocycles. The molecule has 1 aromatic rings. The number of carbonyl (C=O) groups is 2. The van der Waals surface area contributed by atoms with Crippen molar-refractivity contribution < 1.29 is 28.9 Å². The van der Waals surface area contributed by atoms with E-state index in [-0.39, 0.29) is 36.4 Å². The number of allylic oxidation sites excluding steroid dienone is 1. The van der Waals surface area contributed by atoms with E-state index < -0.39 is 6.29 Å². The summed E-state index contributed by atoms with van der Waals surface area (Å²) in [7, 11) is 1.36. The van der Waals surface area contributed by atoms with Crippen molar-refractivity contribution in [3.8, 4) is 0 Å². The summed E-state index contributed by atoms with van der Waals surface area (Å²) in [4.78, 5) is 25.0. The van der Waals surface area contributed by atoms with Crippen molar-refractivity contribution in [3.05, 3.63) is 47.2 Å². The number of methoxy groups -OCH3 is 1. The highest BCUT2D eigenvalue weighted by molar-refractivity contribution is 5.92. The predicted molar refractivity (Wildman–Crippen MR) is 122 cm³/mol. The number of esters is 1. The molecular weight excluding hydrogens is 422 g/mol. The second-order valence-electron chi connectivity index (χ2n) is 9.40. The fraction of sp³-hybridized carbons (Fsp3) is 0.615. The SMILES string of the molecule is CCO[C@@H]1OC(C(=O)NC2CC3CCC2C3)=C[C@H](c2ccc(C(=O)OC)cc2)[C@@H]1CCCO. The van der Waals surface area contributed by atoms with Crippen LogP contribution in [0.1, 0.15) is 67.3 Å².